The van der Waals surface area contributed by atoms with Crippen LogP contribution in [0.1, 0.15) is 39.2 Å². The van der Waals surface area contributed by atoms with E-state index in [-0.39, 0.29) is 12.5 Å². The molecule has 0 fully saturated rings. The molecule has 0 aliphatic carbocycles. The number of hydrogen-bond donors (Lipinski definition) is 3. The Kier molecular flexibility index (Phi) is 6.17. The monoisotopic (exact) mass is 283 g/mol. The van der Waals surface area contributed by atoms with E-state index in [1.54, 1.807) is 18.7 Å². The summed E-state index contributed by atoms with van der Waals surface area (Å²) >= 11 is 0. The van der Waals surface area contributed by atoms with Crippen LogP contribution in [0.2, 0.25) is 0 Å². The van der Waals surface area contributed by atoms with Crippen LogP contribution in [0.15, 0.2) is 18.7 Å². The van der Waals surface area contributed by atoms with Crippen molar-refractivity contribution in [1.29, 1.82) is 0 Å². The Labute approximate surface area is 117 Å². The third kappa shape index (κ3) is 4.65. The van der Waals surface area contributed by atoms with Crippen molar-refractivity contribution in [1.82, 2.24) is 14.9 Å². The molecule has 0 spiro atoms. The van der Waals surface area contributed by atoms with Crippen molar-refractivity contribution in [2.24, 2.45) is 0 Å². The first-order valence-corrected chi connectivity index (χ1v) is 6.63. The topological polar surface area (TPSA) is 104 Å². The summed E-state index contributed by atoms with van der Waals surface area (Å²) in [5.74, 6) is -1.64. The second-order valence-electron chi connectivity index (χ2n) is 4.78. The van der Waals surface area contributed by atoms with E-state index >= 15 is 0 Å². The number of aliphatic hydroxyl groups excluding tert-OH is 1. The van der Waals surface area contributed by atoms with Gasteiger partial charge in [-0.2, -0.15) is 0 Å². The molecule has 0 aliphatic rings. The zero-order valence-corrected chi connectivity index (χ0v) is 11.7. The number of rotatable bonds is 8. The maximum Gasteiger partial charge on any atom is 0.328 e. The summed E-state index contributed by atoms with van der Waals surface area (Å²) in [7, 11) is 0. The van der Waals surface area contributed by atoms with E-state index in [4.69, 9.17) is 5.11 Å². The number of carbonyl (C=O) groups excluding carboxylic acids is 1. The number of nitrogens with zero attached hydrogens (tertiary/aromatic N) is 2. The summed E-state index contributed by atoms with van der Waals surface area (Å²) in [5.41, 5.74) is 0. The number of aliphatic hydroxyl groups is 1. The fourth-order valence-electron chi connectivity index (χ4n) is 2.01. The highest BCUT2D eigenvalue weighted by molar-refractivity contribution is 5.84. The Balaban J connectivity index is 2.64. The number of aliphatic carboxylic acids is 1. The number of carbonyl (C=O) groups is 2. The predicted molar refractivity (Wildman–Crippen MR) is 72.0 cm³/mol. The number of nitrogens with one attached hydrogen (secondary N) is 1. The first-order chi connectivity index (χ1) is 9.45. The van der Waals surface area contributed by atoms with Gasteiger partial charge in [0.15, 0.2) is 6.04 Å². The lowest BCUT2D eigenvalue weighted by Crippen LogP contribution is -2.48. The quantitative estimate of drug-likeness (QED) is 0.647. The second-order valence-corrected chi connectivity index (χ2v) is 4.78. The van der Waals surface area contributed by atoms with E-state index < -0.39 is 24.0 Å². The number of carboxylic acids is 1. The number of imidazole rings is 1. The SMILES string of the molecule is CCCC(CC(=O)N[C@H](C(=O)O)[C@@H](C)O)n1ccnc1. The lowest BCUT2D eigenvalue weighted by molar-refractivity contribution is -0.144. The molecule has 112 valence electrons. The first-order valence-electron chi connectivity index (χ1n) is 6.63. The van der Waals surface area contributed by atoms with Crippen LogP contribution in [0.5, 0.6) is 0 Å². The fourth-order valence-corrected chi connectivity index (χ4v) is 2.01. The van der Waals surface area contributed by atoms with Gasteiger partial charge < -0.3 is 20.1 Å². The van der Waals surface area contributed by atoms with E-state index in [2.05, 4.69) is 10.3 Å². The molecule has 0 bridgehead atoms. The van der Waals surface area contributed by atoms with Crippen LogP contribution in [-0.4, -0.2) is 43.8 Å². The van der Waals surface area contributed by atoms with Gasteiger partial charge in [-0.15, -0.1) is 0 Å². The molecule has 1 amide bonds. The summed E-state index contributed by atoms with van der Waals surface area (Å²) < 4.78 is 1.83. The maximum atomic E-state index is 11.9. The number of aromatic nitrogens is 2. The van der Waals surface area contributed by atoms with Crippen molar-refractivity contribution >= 4 is 11.9 Å². The molecule has 0 aromatic carbocycles. The fraction of sp³-hybridized carbons (Fsp3) is 0.615. The van der Waals surface area contributed by atoms with Crippen molar-refractivity contribution in [3.8, 4) is 0 Å². The Bertz CT molecular complexity index is 431. The van der Waals surface area contributed by atoms with Crippen LogP contribution < -0.4 is 5.32 Å². The standard InChI is InChI=1S/C13H21N3O4/c1-3-4-10(16-6-5-14-8-16)7-11(18)15-12(9(2)17)13(19)20/h5-6,8-10,12,17H,3-4,7H2,1-2H3,(H,15,18)(H,19,20)/t9-,10?,12+/m1/s1. The number of carboxylic acid groups (broad SMARTS) is 1. The third-order valence-electron chi connectivity index (χ3n) is 3.05. The van der Waals surface area contributed by atoms with E-state index in [1.807, 2.05) is 11.5 Å². The molecule has 0 aliphatic heterocycles. The number of hydrogen-bond acceptors (Lipinski definition) is 4. The zero-order valence-electron chi connectivity index (χ0n) is 11.7. The average Bonchev–Trinajstić information content (AvgIpc) is 2.88. The minimum absolute atomic E-state index is 0.0639. The van der Waals surface area contributed by atoms with Crippen molar-refractivity contribution in [3.63, 3.8) is 0 Å². The molecule has 1 rings (SSSR count). The minimum Gasteiger partial charge on any atom is -0.480 e. The molecular formula is C13H21N3O4. The van der Waals surface area contributed by atoms with Gasteiger partial charge in [0.2, 0.25) is 5.91 Å². The molecule has 7 nitrogen and oxygen atoms in total. The van der Waals surface area contributed by atoms with Crippen molar-refractivity contribution < 1.29 is 19.8 Å². The summed E-state index contributed by atoms with van der Waals surface area (Å²) in [5, 5.41) is 20.6. The third-order valence-corrected chi connectivity index (χ3v) is 3.05. The molecule has 0 saturated carbocycles. The first kappa shape index (κ1) is 16.2. The van der Waals surface area contributed by atoms with Crippen LogP contribution in [0, 0.1) is 0 Å². The number of amides is 1. The molecule has 1 unspecified atom stereocenters. The van der Waals surface area contributed by atoms with E-state index in [1.165, 1.54) is 6.92 Å². The Morgan fingerprint density at radius 2 is 2.15 bits per heavy atom. The van der Waals surface area contributed by atoms with E-state index in [9.17, 15) is 14.7 Å². The van der Waals surface area contributed by atoms with Crippen molar-refractivity contribution in [3.05, 3.63) is 18.7 Å². The van der Waals surface area contributed by atoms with Crippen LogP contribution in [0.4, 0.5) is 0 Å². The maximum absolute atomic E-state index is 11.9. The Morgan fingerprint density at radius 3 is 2.60 bits per heavy atom. The zero-order chi connectivity index (χ0) is 15.1. The van der Waals surface area contributed by atoms with Crippen molar-refractivity contribution in [2.45, 2.75) is 51.3 Å². The highest BCUT2D eigenvalue weighted by atomic mass is 16.4. The Morgan fingerprint density at radius 1 is 1.45 bits per heavy atom. The molecule has 1 heterocycles. The Hall–Kier alpha value is -1.89. The lowest BCUT2D eigenvalue weighted by Gasteiger charge is -2.21. The van der Waals surface area contributed by atoms with Crippen LogP contribution in [0.3, 0.4) is 0 Å². The van der Waals surface area contributed by atoms with E-state index in [0.29, 0.717) is 0 Å². The van der Waals surface area contributed by atoms with Gasteiger partial charge in [0, 0.05) is 24.9 Å². The smallest absolute Gasteiger partial charge is 0.328 e. The summed E-state index contributed by atoms with van der Waals surface area (Å²) in [6.07, 6.45) is 5.74. The summed E-state index contributed by atoms with van der Waals surface area (Å²) in [6.45, 7) is 3.34. The molecule has 7 heteroatoms. The van der Waals surface area contributed by atoms with Crippen LogP contribution >= 0.6 is 0 Å². The second kappa shape index (κ2) is 7.64. The van der Waals surface area contributed by atoms with E-state index in [0.717, 1.165) is 12.8 Å². The van der Waals surface area contributed by atoms with Gasteiger partial charge >= 0.3 is 5.97 Å². The average molecular weight is 283 g/mol. The van der Waals surface area contributed by atoms with Crippen molar-refractivity contribution in [2.75, 3.05) is 0 Å². The molecular weight excluding hydrogens is 262 g/mol. The molecule has 3 atom stereocenters. The minimum atomic E-state index is -1.28. The summed E-state index contributed by atoms with van der Waals surface area (Å²) in [6, 6.07) is -1.35. The largest absolute Gasteiger partial charge is 0.480 e. The normalized spacial score (nSPS) is 15.3. The van der Waals surface area contributed by atoms with Crippen LogP contribution in [0.25, 0.3) is 0 Å². The highest BCUT2D eigenvalue weighted by Crippen LogP contribution is 2.17. The molecule has 20 heavy (non-hydrogen) atoms. The van der Waals surface area contributed by atoms with Gasteiger partial charge in [0.1, 0.15) is 0 Å². The molecule has 3 N–H and O–H groups in total. The van der Waals surface area contributed by atoms with Gasteiger partial charge in [0.25, 0.3) is 0 Å². The van der Waals surface area contributed by atoms with Crippen LogP contribution in [-0.2, 0) is 9.59 Å². The van der Waals surface area contributed by atoms with Gasteiger partial charge in [-0.05, 0) is 13.3 Å². The highest BCUT2D eigenvalue weighted by Gasteiger charge is 2.26. The molecule has 1 aromatic rings. The molecule has 0 saturated heterocycles. The summed E-state index contributed by atoms with van der Waals surface area (Å²) in [4.78, 5) is 26.8. The predicted octanol–water partition coefficient (Wildman–Crippen LogP) is 0.565. The van der Waals surface area contributed by atoms with Gasteiger partial charge in [-0.1, -0.05) is 13.3 Å². The lowest BCUT2D eigenvalue weighted by atomic mass is 10.1. The van der Waals surface area contributed by atoms with Gasteiger partial charge in [-0.3, -0.25) is 4.79 Å². The molecule has 0 radical (unpaired) electrons. The van der Waals surface area contributed by atoms with Gasteiger partial charge in [-0.25, -0.2) is 9.78 Å². The molecule has 1 aromatic heterocycles. The van der Waals surface area contributed by atoms with Gasteiger partial charge in [0.05, 0.1) is 12.4 Å².